The van der Waals surface area contributed by atoms with E-state index in [4.69, 9.17) is 0 Å². The fourth-order valence-electron chi connectivity index (χ4n) is 3.22. The number of nitrogens with one attached hydrogen (secondary N) is 1. The molecule has 1 aromatic carbocycles. The molecular formula is C20H25N3O2. The summed E-state index contributed by atoms with van der Waals surface area (Å²) in [5.41, 5.74) is 1.75. The van der Waals surface area contributed by atoms with Gasteiger partial charge in [0, 0.05) is 49.2 Å². The fourth-order valence-corrected chi connectivity index (χ4v) is 3.22. The summed E-state index contributed by atoms with van der Waals surface area (Å²) in [7, 11) is 0. The molecule has 132 valence electrons. The minimum atomic E-state index is 0.0670. The Bertz CT molecular complexity index is 699. The minimum Gasteiger partial charge on any atom is -0.353 e. The number of likely N-dealkylation sites (tertiary alicyclic amines) is 1. The Morgan fingerprint density at radius 3 is 2.32 bits per heavy atom. The number of amides is 2. The molecule has 1 saturated heterocycles. The van der Waals surface area contributed by atoms with Gasteiger partial charge in [0.25, 0.3) is 5.91 Å². The molecule has 1 aromatic heterocycles. The monoisotopic (exact) mass is 339 g/mol. The Labute approximate surface area is 148 Å². The molecule has 0 atom stereocenters. The molecule has 2 amide bonds. The third-order valence-electron chi connectivity index (χ3n) is 4.64. The topological polar surface area (TPSA) is 54.3 Å². The predicted octanol–water partition coefficient (Wildman–Crippen LogP) is 3.00. The Kier molecular flexibility index (Phi) is 5.53. The van der Waals surface area contributed by atoms with Crippen molar-refractivity contribution in [2.75, 3.05) is 13.1 Å². The second kappa shape index (κ2) is 8.01. The molecule has 2 aromatic rings. The lowest BCUT2D eigenvalue weighted by molar-refractivity contribution is -0.122. The van der Waals surface area contributed by atoms with Gasteiger partial charge in [-0.1, -0.05) is 6.92 Å². The van der Waals surface area contributed by atoms with Gasteiger partial charge in [-0.25, -0.2) is 0 Å². The van der Waals surface area contributed by atoms with Gasteiger partial charge in [-0.2, -0.15) is 0 Å². The lowest BCUT2D eigenvalue weighted by Gasteiger charge is -2.32. The van der Waals surface area contributed by atoms with Crippen LogP contribution in [-0.2, 0) is 4.79 Å². The van der Waals surface area contributed by atoms with Gasteiger partial charge in [-0.05, 0) is 55.7 Å². The Morgan fingerprint density at radius 2 is 1.72 bits per heavy atom. The summed E-state index contributed by atoms with van der Waals surface area (Å²) in [6.45, 7) is 3.38. The van der Waals surface area contributed by atoms with E-state index in [0.717, 1.165) is 24.9 Å². The van der Waals surface area contributed by atoms with Crippen LogP contribution in [0.4, 0.5) is 0 Å². The molecule has 0 radical (unpaired) electrons. The van der Waals surface area contributed by atoms with Crippen LogP contribution < -0.4 is 5.32 Å². The smallest absolute Gasteiger partial charge is 0.253 e. The first-order valence-corrected chi connectivity index (χ1v) is 8.99. The van der Waals surface area contributed by atoms with E-state index in [9.17, 15) is 9.59 Å². The number of carbonyl (C=O) groups is 2. The molecule has 25 heavy (non-hydrogen) atoms. The van der Waals surface area contributed by atoms with E-state index in [2.05, 4.69) is 5.32 Å². The number of piperidine rings is 1. The van der Waals surface area contributed by atoms with Crippen molar-refractivity contribution in [3.63, 3.8) is 0 Å². The van der Waals surface area contributed by atoms with Crippen LogP contribution >= 0.6 is 0 Å². The first-order chi connectivity index (χ1) is 12.2. The normalized spacial score (nSPS) is 15.2. The van der Waals surface area contributed by atoms with Crippen molar-refractivity contribution in [2.45, 2.75) is 38.6 Å². The van der Waals surface area contributed by atoms with E-state index in [1.165, 1.54) is 0 Å². The van der Waals surface area contributed by atoms with Gasteiger partial charge in [-0.3, -0.25) is 9.59 Å². The molecule has 1 N–H and O–H groups in total. The molecule has 0 saturated carbocycles. The molecular weight excluding hydrogens is 314 g/mol. The van der Waals surface area contributed by atoms with Gasteiger partial charge >= 0.3 is 0 Å². The average Bonchev–Trinajstić information content (AvgIpc) is 3.17. The summed E-state index contributed by atoms with van der Waals surface area (Å²) >= 11 is 0. The van der Waals surface area contributed by atoms with E-state index < -0.39 is 0 Å². The summed E-state index contributed by atoms with van der Waals surface area (Å²) in [5, 5.41) is 3.06. The zero-order chi connectivity index (χ0) is 17.6. The Morgan fingerprint density at radius 1 is 1.08 bits per heavy atom. The van der Waals surface area contributed by atoms with Gasteiger partial charge < -0.3 is 14.8 Å². The summed E-state index contributed by atoms with van der Waals surface area (Å²) in [6.07, 6.45) is 7.04. The highest BCUT2D eigenvalue weighted by atomic mass is 16.2. The first-order valence-electron chi connectivity index (χ1n) is 8.99. The molecule has 2 heterocycles. The van der Waals surface area contributed by atoms with Crippen LogP contribution in [0.5, 0.6) is 0 Å². The van der Waals surface area contributed by atoms with Crippen molar-refractivity contribution in [1.29, 1.82) is 0 Å². The van der Waals surface area contributed by atoms with Crippen LogP contribution in [0.3, 0.4) is 0 Å². The van der Waals surface area contributed by atoms with Gasteiger partial charge in [0.05, 0.1) is 0 Å². The minimum absolute atomic E-state index is 0.0670. The van der Waals surface area contributed by atoms with Crippen LogP contribution in [0.15, 0.2) is 48.8 Å². The van der Waals surface area contributed by atoms with Crippen molar-refractivity contribution in [3.8, 4) is 5.69 Å². The maximum absolute atomic E-state index is 12.7. The first kappa shape index (κ1) is 17.3. The highest BCUT2D eigenvalue weighted by Crippen LogP contribution is 2.16. The van der Waals surface area contributed by atoms with Crippen molar-refractivity contribution in [2.24, 2.45) is 0 Å². The van der Waals surface area contributed by atoms with Gasteiger partial charge in [0.1, 0.15) is 0 Å². The predicted molar refractivity (Wildman–Crippen MR) is 97.7 cm³/mol. The lowest BCUT2D eigenvalue weighted by atomic mass is 10.0. The van der Waals surface area contributed by atoms with Gasteiger partial charge in [0.2, 0.25) is 5.91 Å². The van der Waals surface area contributed by atoms with Crippen molar-refractivity contribution >= 4 is 11.8 Å². The number of rotatable bonds is 5. The molecule has 0 unspecified atom stereocenters. The van der Waals surface area contributed by atoms with Crippen molar-refractivity contribution in [3.05, 3.63) is 54.4 Å². The highest BCUT2D eigenvalue weighted by molar-refractivity contribution is 5.94. The number of hydrogen-bond donors (Lipinski definition) is 1. The SMILES string of the molecule is CCCC(=O)NC1CCN(C(=O)c2ccc(-n3cccc3)cc2)CC1. The van der Waals surface area contributed by atoms with Gasteiger partial charge in [0.15, 0.2) is 0 Å². The van der Waals surface area contributed by atoms with E-state index in [0.29, 0.717) is 25.1 Å². The van der Waals surface area contributed by atoms with E-state index in [1.54, 1.807) is 0 Å². The van der Waals surface area contributed by atoms with Crippen LogP contribution in [0, 0.1) is 0 Å². The standard InChI is InChI=1S/C20H25N3O2/c1-2-5-19(24)21-17-10-14-23(15-11-17)20(25)16-6-8-18(9-7-16)22-12-3-4-13-22/h3-4,6-9,12-13,17H,2,5,10-11,14-15H2,1H3,(H,21,24). The summed E-state index contributed by atoms with van der Waals surface area (Å²) in [5.74, 6) is 0.185. The summed E-state index contributed by atoms with van der Waals surface area (Å²) < 4.78 is 2.01. The fraction of sp³-hybridized carbons (Fsp3) is 0.400. The molecule has 0 bridgehead atoms. The van der Waals surface area contributed by atoms with Crippen LogP contribution in [0.1, 0.15) is 43.0 Å². The van der Waals surface area contributed by atoms with E-state index in [-0.39, 0.29) is 17.9 Å². The Balaban J connectivity index is 1.55. The zero-order valence-electron chi connectivity index (χ0n) is 14.6. The number of hydrogen-bond acceptors (Lipinski definition) is 2. The number of carbonyl (C=O) groups excluding carboxylic acids is 2. The van der Waals surface area contributed by atoms with Crippen molar-refractivity contribution in [1.82, 2.24) is 14.8 Å². The highest BCUT2D eigenvalue weighted by Gasteiger charge is 2.24. The second-order valence-electron chi connectivity index (χ2n) is 6.52. The largest absolute Gasteiger partial charge is 0.353 e. The molecule has 1 aliphatic rings. The second-order valence-corrected chi connectivity index (χ2v) is 6.52. The molecule has 5 heteroatoms. The van der Waals surface area contributed by atoms with Crippen LogP contribution in [0.2, 0.25) is 0 Å². The Hall–Kier alpha value is -2.56. The number of aromatic nitrogens is 1. The van der Waals surface area contributed by atoms with Gasteiger partial charge in [-0.15, -0.1) is 0 Å². The number of nitrogens with zero attached hydrogens (tertiary/aromatic N) is 2. The summed E-state index contributed by atoms with van der Waals surface area (Å²) in [6, 6.07) is 11.8. The molecule has 0 aliphatic carbocycles. The van der Waals surface area contributed by atoms with Crippen molar-refractivity contribution < 1.29 is 9.59 Å². The maximum atomic E-state index is 12.7. The molecule has 3 rings (SSSR count). The lowest BCUT2D eigenvalue weighted by Crippen LogP contribution is -2.46. The molecule has 0 spiro atoms. The quantitative estimate of drug-likeness (QED) is 0.910. The maximum Gasteiger partial charge on any atom is 0.253 e. The number of benzene rings is 1. The van der Waals surface area contributed by atoms with Crippen LogP contribution in [-0.4, -0.2) is 40.4 Å². The average molecular weight is 339 g/mol. The third-order valence-corrected chi connectivity index (χ3v) is 4.64. The van der Waals surface area contributed by atoms with E-state index in [1.807, 2.05) is 65.2 Å². The zero-order valence-corrected chi connectivity index (χ0v) is 14.6. The molecule has 1 aliphatic heterocycles. The van der Waals surface area contributed by atoms with Crippen LogP contribution in [0.25, 0.3) is 5.69 Å². The third kappa shape index (κ3) is 4.29. The molecule has 5 nitrogen and oxygen atoms in total. The van der Waals surface area contributed by atoms with E-state index >= 15 is 0 Å². The molecule has 1 fully saturated rings. The summed E-state index contributed by atoms with van der Waals surface area (Å²) in [4.78, 5) is 26.2.